The van der Waals surface area contributed by atoms with E-state index >= 15 is 0 Å². The maximum atomic E-state index is 12.8. The minimum absolute atomic E-state index is 0.104. The molecule has 2 aromatic carbocycles. The monoisotopic (exact) mass is 340 g/mol. The smallest absolute Gasteiger partial charge is 0.200 e. The van der Waals surface area contributed by atoms with E-state index in [9.17, 15) is 9.59 Å². The van der Waals surface area contributed by atoms with E-state index in [1.165, 1.54) is 11.8 Å². The third-order valence-corrected chi connectivity index (χ3v) is 5.06. The molecule has 1 aliphatic rings. The molecule has 24 heavy (non-hydrogen) atoms. The molecule has 0 aliphatic heterocycles. The first-order valence-electron chi connectivity index (χ1n) is 7.36. The van der Waals surface area contributed by atoms with Crippen LogP contribution >= 0.6 is 11.8 Å². The van der Waals surface area contributed by atoms with Gasteiger partial charge in [0.05, 0.1) is 19.1 Å². The van der Waals surface area contributed by atoms with Gasteiger partial charge >= 0.3 is 0 Å². The average Bonchev–Trinajstić information content (AvgIpc) is 2.63. The van der Waals surface area contributed by atoms with Gasteiger partial charge in [0.2, 0.25) is 5.78 Å². The zero-order chi connectivity index (χ0) is 17.3. The molecule has 5 heteroatoms. The van der Waals surface area contributed by atoms with E-state index in [1.54, 1.807) is 57.5 Å². The first kappa shape index (κ1) is 16.3. The van der Waals surface area contributed by atoms with Crippen LogP contribution in [0.4, 0.5) is 0 Å². The van der Waals surface area contributed by atoms with Crippen LogP contribution in [0.2, 0.25) is 0 Å². The molecular formula is C19H16O4S. The lowest BCUT2D eigenvalue weighted by Gasteiger charge is -2.18. The summed E-state index contributed by atoms with van der Waals surface area (Å²) in [4.78, 5) is 26.5. The molecule has 122 valence electrons. The molecule has 2 aromatic rings. The third kappa shape index (κ3) is 2.71. The van der Waals surface area contributed by atoms with Crippen LogP contribution in [0, 0.1) is 0 Å². The highest BCUT2D eigenvalue weighted by atomic mass is 32.2. The lowest BCUT2D eigenvalue weighted by molar-refractivity contribution is 0.0981. The molecule has 1 aliphatic carbocycles. The Bertz CT molecular complexity index is 867. The summed E-state index contributed by atoms with van der Waals surface area (Å²) >= 11 is 1.27. The first-order valence-corrected chi connectivity index (χ1v) is 8.17. The second-order valence-corrected chi connectivity index (χ2v) is 6.36. The Hall–Kier alpha value is -2.53. The van der Waals surface area contributed by atoms with Crippen molar-refractivity contribution in [2.45, 2.75) is 11.8 Å². The number of ether oxygens (including phenoxy) is 2. The molecule has 0 spiro atoms. The normalized spacial score (nSPS) is 13.8. The number of rotatable bonds is 4. The fourth-order valence-electron chi connectivity index (χ4n) is 2.60. The van der Waals surface area contributed by atoms with Gasteiger partial charge in [0.1, 0.15) is 0 Å². The van der Waals surface area contributed by atoms with Crippen LogP contribution in [0.5, 0.6) is 11.5 Å². The van der Waals surface area contributed by atoms with Gasteiger partial charge < -0.3 is 9.47 Å². The minimum atomic E-state index is -0.123. The molecule has 0 saturated heterocycles. The van der Waals surface area contributed by atoms with Gasteiger partial charge in [-0.25, -0.2) is 0 Å². The molecule has 0 radical (unpaired) electrons. The van der Waals surface area contributed by atoms with E-state index in [0.29, 0.717) is 33.1 Å². The molecule has 0 bridgehead atoms. The fourth-order valence-corrected chi connectivity index (χ4v) is 3.58. The SMILES string of the molecule is COc1ccc(SC2=C(C)C(=O)c3ccccc3C2=O)cc1OC. The van der Waals surface area contributed by atoms with E-state index in [1.807, 2.05) is 6.07 Å². The fraction of sp³-hybridized carbons (Fsp3) is 0.158. The summed E-state index contributed by atoms with van der Waals surface area (Å²) in [5.74, 6) is 0.968. The molecular weight excluding hydrogens is 324 g/mol. The Balaban J connectivity index is 2.00. The highest BCUT2D eigenvalue weighted by molar-refractivity contribution is 8.04. The van der Waals surface area contributed by atoms with Crippen molar-refractivity contribution in [2.75, 3.05) is 14.2 Å². The standard InChI is InChI=1S/C19H16O4S/c1-11-17(20)13-6-4-5-7-14(13)18(21)19(11)24-12-8-9-15(22-2)16(10-12)23-3/h4-10H,1-3H3. The number of methoxy groups -OCH3 is 2. The summed E-state index contributed by atoms with van der Waals surface area (Å²) < 4.78 is 10.5. The first-order chi connectivity index (χ1) is 11.6. The molecule has 0 fully saturated rings. The Morgan fingerprint density at radius 2 is 1.46 bits per heavy atom. The van der Waals surface area contributed by atoms with E-state index in [2.05, 4.69) is 0 Å². The van der Waals surface area contributed by atoms with E-state index in [0.717, 1.165) is 4.90 Å². The lowest BCUT2D eigenvalue weighted by Crippen LogP contribution is -2.19. The number of fused-ring (bicyclic) bond motifs is 1. The van der Waals surface area contributed by atoms with Gasteiger partial charge in [0, 0.05) is 21.6 Å². The molecule has 0 amide bonds. The second kappa shape index (κ2) is 6.53. The number of carbonyl (C=O) groups is 2. The number of thioether (sulfide) groups is 1. The zero-order valence-corrected chi connectivity index (χ0v) is 14.4. The average molecular weight is 340 g/mol. The Kier molecular flexibility index (Phi) is 4.44. The van der Waals surface area contributed by atoms with Crippen molar-refractivity contribution >= 4 is 23.3 Å². The summed E-state index contributed by atoms with van der Waals surface area (Å²) in [7, 11) is 3.12. The summed E-state index contributed by atoms with van der Waals surface area (Å²) in [6.45, 7) is 1.69. The van der Waals surface area contributed by atoms with Crippen LogP contribution in [-0.4, -0.2) is 25.8 Å². The van der Waals surface area contributed by atoms with Crippen LogP contribution < -0.4 is 9.47 Å². The summed E-state index contributed by atoms with van der Waals surface area (Å²) in [6.07, 6.45) is 0. The van der Waals surface area contributed by atoms with Gasteiger partial charge in [-0.1, -0.05) is 36.0 Å². The van der Waals surface area contributed by atoms with Gasteiger partial charge in [-0.2, -0.15) is 0 Å². The van der Waals surface area contributed by atoms with Crippen LogP contribution in [0.1, 0.15) is 27.6 Å². The van der Waals surface area contributed by atoms with E-state index < -0.39 is 0 Å². The van der Waals surface area contributed by atoms with Gasteiger partial charge in [-0.3, -0.25) is 9.59 Å². The number of allylic oxidation sites excluding steroid dienone is 2. The van der Waals surface area contributed by atoms with Crippen LogP contribution in [0.3, 0.4) is 0 Å². The van der Waals surface area contributed by atoms with Crippen molar-refractivity contribution in [3.63, 3.8) is 0 Å². The number of hydrogen-bond acceptors (Lipinski definition) is 5. The third-order valence-electron chi connectivity index (χ3n) is 3.88. The summed E-state index contributed by atoms with van der Waals surface area (Å²) in [5, 5.41) is 0. The van der Waals surface area contributed by atoms with Crippen molar-refractivity contribution in [1.29, 1.82) is 0 Å². The van der Waals surface area contributed by atoms with Crippen molar-refractivity contribution in [3.05, 3.63) is 64.1 Å². The quantitative estimate of drug-likeness (QED) is 0.837. The second-order valence-electron chi connectivity index (χ2n) is 5.28. The van der Waals surface area contributed by atoms with Gasteiger partial charge in [0.15, 0.2) is 17.3 Å². The molecule has 3 rings (SSSR count). The van der Waals surface area contributed by atoms with Crippen molar-refractivity contribution in [1.82, 2.24) is 0 Å². The lowest BCUT2D eigenvalue weighted by atomic mass is 9.90. The van der Waals surface area contributed by atoms with Crippen LogP contribution in [-0.2, 0) is 0 Å². The molecule has 4 nitrogen and oxygen atoms in total. The van der Waals surface area contributed by atoms with Crippen molar-refractivity contribution in [2.24, 2.45) is 0 Å². The van der Waals surface area contributed by atoms with E-state index in [4.69, 9.17) is 9.47 Å². The van der Waals surface area contributed by atoms with Crippen LogP contribution in [0.25, 0.3) is 0 Å². The Morgan fingerprint density at radius 3 is 2.08 bits per heavy atom. The molecule has 0 N–H and O–H groups in total. The minimum Gasteiger partial charge on any atom is -0.493 e. The summed E-state index contributed by atoms with van der Waals surface area (Å²) in [6, 6.07) is 12.3. The molecule has 0 atom stereocenters. The van der Waals surface area contributed by atoms with Gasteiger partial charge in [0.25, 0.3) is 0 Å². The highest BCUT2D eigenvalue weighted by Crippen LogP contribution is 2.39. The van der Waals surface area contributed by atoms with Crippen LogP contribution in [0.15, 0.2) is 57.8 Å². The molecule has 0 saturated carbocycles. The summed E-state index contributed by atoms with van der Waals surface area (Å²) in [5.41, 5.74) is 1.39. The largest absolute Gasteiger partial charge is 0.493 e. The maximum Gasteiger partial charge on any atom is 0.200 e. The number of Topliss-reactive ketones (excluding diaryl/α,β-unsaturated/α-hetero) is 2. The van der Waals surface area contributed by atoms with Crippen molar-refractivity contribution in [3.8, 4) is 11.5 Å². The van der Waals surface area contributed by atoms with E-state index in [-0.39, 0.29) is 11.6 Å². The zero-order valence-electron chi connectivity index (χ0n) is 13.6. The maximum absolute atomic E-state index is 12.8. The topological polar surface area (TPSA) is 52.6 Å². The number of hydrogen-bond donors (Lipinski definition) is 0. The number of ketones is 2. The van der Waals surface area contributed by atoms with Gasteiger partial charge in [-0.15, -0.1) is 0 Å². The highest BCUT2D eigenvalue weighted by Gasteiger charge is 2.30. The van der Waals surface area contributed by atoms with Crippen molar-refractivity contribution < 1.29 is 19.1 Å². The predicted molar refractivity (Wildman–Crippen MR) is 93.2 cm³/mol. The predicted octanol–water partition coefficient (Wildman–Crippen LogP) is 4.15. The molecule has 0 unspecified atom stereocenters. The van der Waals surface area contributed by atoms with Gasteiger partial charge in [-0.05, 0) is 25.1 Å². The number of carbonyl (C=O) groups excluding carboxylic acids is 2. The molecule has 0 heterocycles. The Morgan fingerprint density at radius 1 is 0.833 bits per heavy atom. The number of benzene rings is 2. The molecule has 0 aromatic heterocycles. The Labute approximate surface area is 144 Å².